The molecule has 8 nitrogen and oxygen atoms in total. The van der Waals surface area contributed by atoms with Gasteiger partial charge in [0.15, 0.2) is 0 Å². The third-order valence-corrected chi connectivity index (χ3v) is 4.69. The predicted molar refractivity (Wildman–Crippen MR) is 99.6 cm³/mol. The van der Waals surface area contributed by atoms with E-state index in [2.05, 4.69) is 15.3 Å². The van der Waals surface area contributed by atoms with Crippen LogP contribution in [0.1, 0.15) is 54.0 Å². The second-order valence-corrected chi connectivity index (χ2v) is 6.38. The highest BCUT2D eigenvalue weighted by atomic mass is 16.5. The average Bonchev–Trinajstić information content (AvgIpc) is 3.15. The van der Waals surface area contributed by atoms with Gasteiger partial charge in [-0.3, -0.25) is 9.88 Å². The number of carbonyl (C=O) groups is 2. The highest BCUT2D eigenvalue weighted by Crippen LogP contribution is 2.32. The number of piperidine rings is 1. The molecular weight excluding hydrogens is 348 g/mol. The Morgan fingerprint density at radius 2 is 2.26 bits per heavy atom. The highest BCUT2D eigenvalue weighted by molar-refractivity contribution is 5.93. The fourth-order valence-corrected chi connectivity index (χ4v) is 3.42. The molecule has 3 heterocycles. The van der Waals surface area contributed by atoms with Gasteiger partial charge in [-0.25, -0.2) is 9.59 Å². The highest BCUT2D eigenvalue weighted by Gasteiger charge is 2.30. The Morgan fingerprint density at radius 3 is 3.04 bits per heavy atom. The van der Waals surface area contributed by atoms with Crippen molar-refractivity contribution >= 4 is 17.7 Å². The largest absolute Gasteiger partial charge is 0.465 e. The molecule has 1 aliphatic rings. The Morgan fingerprint density at radius 1 is 1.41 bits per heavy atom. The lowest BCUT2D eigenvalue weighted by atomic mass is 9.96. The van der Waals surface area contributed by atoms with Crippen LogP contribution in [-0.4, -0.2) is 45.2 Å². The van der Waals surface area contributed by atoms with Crippen molar-refractivity contribution in [1.29, 1.82) is 0 Å². The number of rotatable bonds is 6. The molecule has 1 aliphatic heterocycles. The van der Waals surface area contributed by atoms with Crippen molar-refractivity contribution in [3.63, 3.8) is 0 Å². The predicted octanol–water partition coefficient (Wildman–Crippen LogP) is 3.40. The molecule has 1 fully saturated rings. The number of carboxylic acid groups (broad SMARTS) is 1. The van der Waals surface area contributed by atoms with E-state index in [0.717, 1.165) is 30.5 Å². The van der Waals surface area contributed by atoms with Crippen molar-refractivity contribution in [1.82, 2.24) is 14.9 Å². The van der Waals surface area contributed by atoms with Gasteiger partial charge >= 0.3 is 12.1 Å². The Labute approximate surface area is 157 Å². The summed E-state index contributed by atoms with van der Waals surface area (Å²) in [7, 11) is 0. The third-order valence-electron chi connectivity index (χ3n) is 4.69. The van der Waals surface area contributed by atoms with Gasteiger partial charge in [0.2, 0.25) is 0 Å². The van der Waals surface area contributed by atoms with Crippen LogP contribution in [0.2, 0.25) is 0 Å². The van der Waals surface area contributed by atoms with Crippen molar-refractivity contribution < 1.29 is 19.4 Å². The molecule has 2 aromatic heterocycles. The fourth-order valence-electron chi connectivity index (χ4n) is 3.42. The third kappa shape index (κ3) is 4.21. The van der Waals surface area contributed by atoms with Crippen molar-refractivity contribution in [3.05, 3.63) is 47.5 Å². The maximum absolute atomic E-state index is 12.0. The normalized spacial score (nSPS) is 16.8. The van der Waals surface area contributed by atoms with Crippen molar-refractivity contribution in [2.45, 2.75) is 38.8 Å². The molecule has 3 rings (SSSR count). The molecule has 3 N–H and O–H groups in total. The number of amides is 1. The maximum atomic E-state index is 12.0. The minimum Gasteiger partial charge on any atom is -0.465 e. The van der Waals surface area contributed by atoms with Gasteiger partial charge < -0.3 is 20.1 Å². The van der Waals surface area contributed by atoms with Crippen LogP contribution in [0.3, 0.4) is 0 Å². The molecule has 27 heavy (non-hydrogen) atoms. The smallest absolute Gasteiger partial charge is 0.407 e. The molecule has 0 aliphatic carbocycles. The Hall–Kier alpha value is -3.03. The molecular formula is C19H24N4O4. The molecule has 8 heteroatoms. The number of nitrogens with zero attached hydrogens (tertiary/aromatic N) is 2. The first kappa shape index (κ1) is 18.8. The SMILES string of the molecule is CCOC(=O)c1[nH]ccc1NCc1cccnc1C1CCCCN1C(=O)O. The average molecular weight is 372 g/mol. The van der Waals surface area contributed by atoms with E-state index < -0.39 is 12.1 Å². The molecule has 2 aromatic rings. The summed E-state index contributed by atoms with van der Waals surface area (Å²) in [5.74, 6) is -0.416. The van der Waals surface area contributed by atoms with Gasteiger partial charge in [-0.2, -0.15) is 0 Å². The lowest BCUT2D eigenvalue weighted by Gasteiger charge is -2.34. The zero-order valence-electron chi connectivity index (χ0n) is 15.3. The summed E-state index contributed by atoms with van der Waals surface area (Å²) in [6.45, 7) is 3.01. The van der Waals surface area contributed by atoms with Crippen molar-refractivity contribution in [3.8, 4) is 0 Å². The lowest BCUT2D eigenvalue weighted by Crippen LogP contribution is -2.38. The topological polar surface area (TPSA) is 108 Å². The molecule has 1 atom stereocenters. The number of H-pyrrole nitrogens is 1. The zero-order chi connectivity index (χ0) is 19.2. The number of anilines is 1. The quantitative estimate of drug-likeness (QED) is 0.671. The number of likely N-dealkylation sites (tertiary alicyclic amines) is 1. The Balaban J connectivity index is 1.78. The van der Waals surface area contributed by atoms with E-state index in [9.17, 15) is 14.7 Å². The van der Waals surface area contributed by atoms with Crippen molar-refractivity contribution in [2.24, 2.45) is 0 Å². The summed E-state index contributed by atoms with van der Waals surface area (Å²) >= 11 is 0. The summed E-state index contributed by atoms with van der Waals surface area (Å²) in [5, 5.41) is 12.8. The second kappa shape index (κ2) is 8.57. The van der Waals surface area contributed by atoms with Crippen LogP contribution in [0.5, 0.6) is 0 Å². The molecule has 0 saturated carbocycles. The molecule has 1 amide bonds. The van der Waals surface area contributed by atoms with Crippen LogP contribution in [0.15, 0.2) is 30.6 Å². The van der Waals surface area contributed by atoms with E-state index >= 15 is 0 Å². The van der Waals surface area contributed by atoms with Gasteiger partial charge in [0.05, 0.1) is 24.0 Å². The van der Waals surface area contributed by atoms with Gasteiger partial charge in [0.1, 0.15) is 5.69 Å². The maximum Gasteiger partial charge on any atom is 0.407 e. The van der Waals surface area contributed by atoms with E-state index in [1.54, 1.807) is 25.4 Å². The number of carbonyl (C=O) groups excluding carboxylic acids is 1. The molecule has 0 radical (unpaired) electrons. The molecule has 1 unspecified atom stereocenters. The number of pyridine rings is 1. The fraction of sp³-hybridized carbons (Fsp3) is 0.421. The van der Waals surface area contributed by atoms with Gasteiger partial charge in [-0.15, -0.1) is 0 Å². The molecule has 0 aromatic carbocycles. The van der Waals surface area contributed by atoms with E-state index in [0.29, 0.717) is 31.1 Å². The van der Waals surface area contributed by atoms with Crippen LogP contribution in [-0.2, 0) is 11.3 Å². The second-order valence-electron chi connectivity index (χ2n) is 6.38. The van der Waals surface area contributed by atoms with Gasteiger partial charge in [0.25, 0.3) is 0 Å². The summed E-state index contributed by atoms with van der Waals surface area (Å²) < 4.78 is 5.04. The lowest BCUT2D eigenvalue weighted by molar-refractivity contribution is 0.0521. The minimum atomic E-state index is -0.917. The van der Waals surface area contributed by atoms with Crippen LogP contribution in [0.25, 0.3) is 0 Å². The number of esters is 1. The number of ether oxygens (including phenoxy) is 1. The number of aromatic nitrogens is 2. The van der Waals surface area contributed by atoms with E-state index in [1.165, 1.54) is 4.90 Å². The molecule has 0 bridgehead atoms. The number of nitrogens with one attached hydrogen (secondary N) is 2. The van der Waals surface area contributed by atoms with Crippen LogP contribution in [0, 0.1) is 0 Å². The van der Waals surface area contributed by atoms with Crippen LogP contribution < -0.4 is 5.32 Å². The molecule has 0 spiro atoms. The summed E-state index contributed by atoms with van der Waals surface area (Å²) in [6.07, 6.45) is 5.05. The Bertz CT molecular complexity index is 805. The summed E-state index contributed by atoms with van der Waals surface area (Å²) in [5.41, 5.74) is 2.68. The summed E-state index contributed by atoms with van der Waals surface area (Å²) in [6, 6.07) is 5.29. The van der Waals surface area contributed by atoms with Gasteiger partial charge in [0, 0.05) is 25.5 Å². The number of hydrogen-bond donors (Lipinski definition) is 3. The molecule has 144 valence electrons. The minimum absolute atomic E-state index is 0.245. The standard InChI is InChI=1S/C19H24N4O4/c1-2-27-18(24)17-14(8-10-21-17)22-12-13-6-5-9-20-16(13)15-7-3-4-11-23(15)19(25)26/h5-6,8-10,15,21-22H,2-4,7,11-12H2,1H3,(H,25,26). The van der Waals surface area contributed by atoms with Crippen LogP contribution >= 0.6 is 0 Å². The van der Waals surface area contributed by atoms with Gasteiger partial charge in [-0.1, -0.05) is 6.07 Å². The van der Waals surface area contributed by atoms with Crippen molar-refractivity contribution in [2.75, 3.05) is 18.5 Å². The van der Waals surface area contributed by atoms with Crippen LogP contribution in [0.4, 0.5) is 10.5 Å². The molecule has 1 saturated heterocycles. The summed E-state index contributed by atoms with van der Waals surface area (Å²) in [4.78, 5) is 32.4. The van der Waals surface area contributed by atoms with E-state index in [4.69, 9.17) is 4.74 Å². The monoisotopic (exact) mass is 372 g/mol. The Kier molecular flexibility index (Phi) is 5.95. The van der Waals surface area contributed by atoms with E-state index in [1.807, 2.05) is 12.1 Å². The zero-order valence-corrected chi connectivity index (χ0v) is 15.3. The first-order valence-electron chi connectivity index (χ1n) is 9.13. The number of aromatic amines is 1. The first-order chi connectivity index (χ1) is 13.1. The number of hydrogen-bond acceptors (Lipinski definition) is 5. The van der Waals surface area contributed by atoms with Gasteiger partial charge in [-0.05, 0) is 43.9 Å². The van der Waals surface area contributed by atoms with E-state index in [-0.39, 0.29) is 6.04 Å². The first-order valence-corrected chi connectivity index (χ1v) is 9.13.